The largest absolute Gasteiger partial charge is 0.394 e. The van der Waals surface area contributed by atoms with Crippen molar-refractivity contribution in [3.05, 3.63) is 24.3 Å². The zero-order chi connectivity index (χ0) is 53.4. The van der Waals surface area contributed by atoms with Gasteiger partial charge in [0.25, 0.3) is 0 Å². The molecule has 0 aliphatic carbocycles. The maximum absolute atomic E-state index is 13.3. The highest BCUT2D eigenvalue weighted by molar-refractivity contribution is 5.76. The van der Waals surface area contributed by atoms with E-state index in [9.17, 15) is 61.0 Å². The van der Waals surface area contributed by atoms with Gasteiger partial charge in [-0.15, -0.1) is 0 Å². The lowest BCUT2D eigenvalue weighted by Gasteiger charge is -2.48. The molecule has 3 rings (SSSR count). The smallest absolute Gasteiger partial charge is 0.220 e. The molecule has 3 aliphatic heterocycles. The third-order valence-electron chi connectivity index (χ3n) is 14.3. The molecule has 12 N–H and O–H groups in total. The minimum absolute atomic E-state index is 0.239. The minimum Gasteiger partial charge on any atom is -0.394 e. The van der Waals surface area contributed by atoms with Crippen molar-refractivity contribution in [1.29, 1.82) is 0 Å². The van der Waals surface area contributed by atoms with Gasteiger partial charge in [0.15, 0.2) is 18.9 Å². The van der Waals surface area contributed by atoms with Crippen molar-refractivity contribution in [2.75, 3.05) is 26.4 Å². The van der Waals surface area contributed by atoms with Crippen molar-refractivity contribution in [3.63, 3.8) is 0 Å². The summed E-state index contributed by atoms with van der Waals surface area (Å²) in [7, 11) is 0. The van der Waals surface area contributed by atoms with Crippen LogP contribution in [0.25, 0.3) is 0 Å². The summed E-state index contributed by atoms with van der Waals surface area (Å²) in [4.78, 5) is 13.3. The van der Waals surface area contributed by atoms with Crippen molar-refractivity contribution in [2.45, 2.75) is 285 Å². The molecule has 3 aliphatic rings. The number of nitrogens with one attached hydrogen (secondary N) is 1. The molecule has 19 nitrogen and oxygen atoms in total. The predicted molar refractivity (Wildman–Crippen MR) is 273 cm³/mol. The topological polar surface area (TPSA) is 307 Å². The van der Waals surface area contributed by atoms with E-state index >= 15 is 0 Å². The highest BCUT2D eigenvalue weighted by Gasteiger charge is 2.53. The van der Waals surface area contributed by atoms with E-state index in [4.69, 9.17) is 28.4 Å². The van der Waals surface area contributed by atoms with Gasteiger partial charge in [-0.3, -0.25) is 4.79 Å². The Morgan fingerprint density at radius 2 is 0.877 bits per heavy atom. The number of allylic oxidation sites excluding steroid dienone is 3. The van der Waals surface area contributed by atoms with Crippen molar-refractivity contribution in [2.24, 2.45) is 0 Å². The lowest BCUT2D eigenvalue weighted by molar-refractivity contribution is -0.379. The van der Waals surface area contributed by atoms with Gasteiger partial charge >= 0.3 is 0 Å². The van der Waals surface area contributed by atoms with Crippen LogP contribution in [0, 0.1) is 0 Å². The van der Waals surface area contributed by atoms with Crippen molar-refractivity contribution >= 4 is 5.91 Å². The summed E-state index contributed by atoms with van der Waals surface area (Å²) < 4.78 is 34.1. The van der Waals surface area contributed by atoms with Crippen LogP contribution in [0.15, 0.2) is 24.3 Å². The summed E-state index contributed by atoms with van der Waals surface area (Å²) in [5.41, 5.74) is 0. The van der Waals surface area contributed by atoms with Crippen LogP contribution in [0.3, 0.4) is 0 Å². The van der Waals surface area contributed by atoms with Crippen LogP contribution in [0.2, 0.25) is 0 Å². The third-order valence-corrected chi connectivity index (χ3v) is 14.3. The van der Waals surface area contributed by atoms with E-state index in [2.05, 4.69) is 31.3 Å². The molecule has 0 spiro atoms. The summed E-state index contributed by atoms with van der Waals surface area (Å²) in [6.07, 6.45) is 10.3. The standard InChI is InChI=1S/C54H99NO18/c1-3-5-7-9-11-13-15-17-19-21-23-25-27-29-31-38(59)37(55-42(60)32-30-28-26-24-22-20-18-16-14-12-10-8-6-4-2)36-68-52-48(66)45(63)50(40(34-57)70-52)73-54-49(67)46(64)51(41(35-58)71-54)72-53-47(65)44(62)43(61)39(33-56)69-53/h21,23,29,31,37-41,43-54,56-59,61-67H,3-20,22,24-28,30,32-36H2,1-2H3,(H,55,60)/b23-21+,31-29+. The second kappa shape index (κ2) is 38.8. The van der Waals surface area contributed by atoms with Gasteiger partial charge in [-0.1, -0.05) is 167 Å². The lowest BCUT2D eigenvalue weighted by Crippen LogP contribution is -2.66. The van der Waals surface area contributed by atoms with Gasteiger partial charge in [-0.2, -0.15) is 0 Å². The Bertz CT molecular complexity index is 1440. The number of hydrogen-bond acceptors (Lipinski definition) is 18. The number of unbranched alkanes of at least 4 members (excludes halogenated alkanes) is 22. The number of carbonyl (C=O) groups excluding carboxylic acids is 1. The normalized spacial score (nSPS) is 31.9. The summed E-state index contributed by atoms with van der Waals surface area (Å²) in [5, 5.41) is 120. The number of hydrogen-bond donors (Lipinski definition) is 12. The average Bonchev–Trinajstić information content (AvgIpc) is 3.39. The summed E-state index contributed by atoms with van der Waals surface area (Å²) in [6, 6.07) is -0.983. The molecule has 3 heterocycles. The molecule has 17 unspecified atom stereocenters. The maximum atomic E-state index is 13.3. The molecule has 73 heavy (non-hydrogen) atoms. The van der Waals surface area contributed by atoms with Crippen LogP contribution in [-0.4, -0.2) is 193 Å². The number of amides is 1. The Balaban J connectivity index is 1.55. The van der Waals surface area contributed by atoms with Gasteiger partial charge in [0, 0.05) is 6.42 Å². The Hall–Kier alpha value is -1.73. The zero-order valence-electron chi connectivity index (χ0n) is 44.1. The zero-order valence-corrected chi connectivity index (χ0v) is 44.1. The molecule has 0 radical (unpaired) electrons. The molecule has 3 fully saturated rings. The third kappa shape index (κ3) is 23.8. The van der Waals surface area contributed by atoms with Gasteiger partial charge in [0.1, 0.15) is 73.2 Å². The van der Waals surface area contributed by atoms with E-state index in [0.29, 0.717) is 12.8 Å². The van der Waals surface area contributed by atoms with E-state index in [1.54, 1.807) is 6.08 Å². The fourth-order valence-electron chi connectivity index (χ4n) is 9.56. The highest BCUT2D eigenvalue weighted by atomic mass is 16.8. The first-order valence-electron chi connectivity index (χ1n) is 28.1. The Labute approximate surface area is 435 Å². The van der Waals surface area contributed by atoms with Crippen molar-refractivity contribution in [3.8, 4) is 0 Å². The molecule has 19 heteroatoms. The summed E-state index contributed by atoms with van der Waals surface area (Å²) in [6.45, 7) is 1.68. The lowest BCUT2D eigenvalue weighted by atomic mass is 9.96. The quantitative estimate of drug-likeness (QED) is 0.0308. The van der Waals surface area contributed by atoms with E-state index < -0.39 is 124 Å². The van der Waals surface area contributed by atoms with Gasteiger partial charge in [0.2, 0.25) is 5.91 Å². The van der Waals surface area contributed by atoms with Gasteiger partial charge in [-0.05, 0) is 32.1 Å². The van der Waals surface area contributed by atoms with Gasteiger partial charge in [0.05, 0.1) is 38.6 Å². The molecule has 3 saturated heterocycles. The van der Waals surface area contributed by atoms with E-state index in [0.717, 1.165) is 38.5 Å². The second-order valence-corrected chi connectivity index (χ2v) is 20.4. The molecule has 17 atom stereocenters. The molecular weight excluding hydrogens is 951 g/mol. The fraction of sp³-hybridized carbons (Fsp3) is 0.907. The van der Waals surface area contributed by atoms with Gasteiger partial charge in [-0.25, -0.2) is 0 Å². The molecule has 0 saturated carbocycles. The predicted octanol–water partition coefficient (Wildman–Crippen LogP) is 3.59. The number of aliphatic hydroxyl groups is 11. The first-order valence-corrected chi connectivity index (χ1v) is 28.1. The van der Waals surface area contributed by atoms with Crippen LogP contribution in [0.1, 0.15) is 181 Å². The first-order chi connectivity index (χ1) is 35.3. The monoisotopic (exact) mass is 1050 g/mol. The van der Waals surface area contributed by atoms with Crippen LogP contribution in [-0.2, 0) is 33.2 Å². The van der Waals surface area contributed by atoms with E-state index in [-0.39, 0.29) is 18.9 Å². The Morgan fingerprint density at radius 1 is 0.479 bits per heavy atom. The molecule has 0 bridgehead atoms. The molecule has 0 aromatic heterocycles. The van der Waals surface area contributed by atoms with Crippen molar-refractivity contribution in [1.82, 2.24) is 5.32 Å². The maximum Gasteiger partial charge on any atom is 0.220 e. The van der Waals surface area contributed by atoms with Crippen LogP contribution in [0.4, 0.5) is 0 Å². The Kier molecular flexibility index (Phi) is 34.8. The molecule has 1 amide bonds. The molecular formula is C54H99NO18. The van der Waals surface area contributed by atoms with Crippen LogP contribution < -0.4 is 5.32 Å². The van der Waals surface area contributed by atoms with E-state index in [1.165, 1.54) is 109 Å². The fourth-order valence-corrected chi connectivity index (χ4v) is 9.56. The average molecular weight is 1050 g/mol. The van der Waals surface area contributed by atoms with Crippen molar-refractivity contribution < 1.29 is 89.4 Å². The minimum atomic E-state index is -1.98. The van der Waals surface area contributed by atoms with Crippen LogP contribution >= 0.6 is 0 Å². The second-order valence-electron chi connectivity index (χ2n) is 20.4. The SMILES string of the molecule is CCCCCCCCCC/C=C/CC/C=C/C(O)C(COC1OC(CO)C(OC2OC(CO)C(OC3OC(CO)C(O)C(O)C3O)C(O)C2O)C(O)C1O)NC(=O)CCCCCCCCCCCCCCCC. The Morgan fingerprint density at radius 3 is 1.37 bits per heavy atom. The number of carbonyl (C=O) groups is 1. The van der Waals surface area contributed by atoms with Crippen LogP contribution in [0.5, 0.6) is 0 Å². The number of ether oxygens (including phenoxy) is 6. The number of aliphatic hydroxyl groups excluding tert-OH is 11. The summed E-state index contributed by atoms with van der Waals surface area (Å²) in [5.74, 6) is -0.286. The first kappa shape index (κ1) is 65.6. The van der Waals surface area contributed by atoms with Gasteiger partial charge < -0.3 is 89.9 Å². The molecule has 0 aromatic rings. The summed E-state index contributed by atoms with van der Waals surface area (Å²) >= 11 is 0. The molecule has 428 valence electrons. The highest BCUT2D eigenvalue weighted by Crippen LogP contribution is 2.33. The molecule has 0 aromatic carbocycles. The van der Waals surface area contributed by atoms with E-state index in [1.807, 2.05) is 6.08 Å². The number of rotatable bonds is 40.